The summed E-state index contributed by atoms with van der Waals surface area (Å²) in [7, 11) is 3.22. The topological polar surface area (TPSA) is 79.4 Å². The number of nitrogens with zero attached hydrogens (tertiary/aromatic N) is 6. The van der Waals surface area contributed by atoms with Gasteiger partial charge in [0.25, 0.3) is 0 Å². The van der Waals surface area contributed by atoms with E-state index in [9.17, 15) is 0 Å². The van der Waals surface area contributed by atoms with Crippen LogP contribution in [0.25, 0.3) is 33.9 Å². The standard InChI is InChI=1S/C22H19BrN6O2/c1-12-13(2)29(18-8-6-15(23)10-24-18)21-19(12)22-26-20(27-28(22)11-25-21)14-5-7-16(30-3)17(9-14)31-4/h5-11H,1-4H3. The Kier molecular flexibility index (Phi) is 4.62. The predicted molar refractivity (Wildman–Crippen MR) is 121 cm³/mol. The van der Waals surface area contributed by atoms with Crippen molar-refractivity contribution < 1.29 is 9.47 Å². The van der Waals surface area contributed by atoms with E-state index in [-0.39, 0.29) is 0 Å². The number of benzene rings is 1. The van der Waals surface area contributed by atoms with Gasteiger partial charge >= 0.3 is 0 Å². The third kappa shape index (κ3) is 3.04. The Morgan fingerprint density at radius 3 is 2.45 bits per heavy atom. The maximum Gasteiger partial charge on any atom is 0.182 e. The van der Waals surface area contributed by atoms with Crippen molar-refractivity contribution in [2.75, 3.05) is 14.2 Å². The van der Waals surface area contributed by atoms with Gasteiger partial charge in [-0.05, 0) is 65.7 Å². The number of pyridine rings is 1. The predicted octanol–water partition coefficient (Wildman–Crippen LogP) is 4.53. The Labute approximate surface area is 186 Å². The molecule has 1 aromatic carbocycles. The third-order valence-electron chi connectivity index (χ3n) is 5.42. The fourth-order valence-electron chi connectivity index (χ4n) is 3.74. The molecule has 0 radical (unpaired) electrons. The molecule has 4 heterocycles. The molecule has 0 aliphatic heterocycles. The highest BCUT2D eigenvalue weighted by molar-refractivity contribution is 9.10. The van der Waals surface area contributed by atoms with E-state index in [0.717, 1.165) is 43.8 Å². The first-order chi connectivity index (χ1) is 15.0. The van der Waals surface area contributed by atoms with Crippen molar-refractivity contribution in [2.24, 2.45) is 0 Å². The lowest BCUT2D eigenvalue weighted by molar-refractivity contribution is 0.355. The monoisotopic (exact) mass is 478 g/mol. The van der Waals surface area contributed by atoms with Gasteiger partial charge in [-0.3, -0.25) is 4.57 Å². The number of methoxy groups -OCH3 is 2. The fourth-order valence-corrected chi connectivity index (χ4v) is 3.97. The van der Waals surface area contributed by atoms with Crippen molar-refractivity contribution in [1.29, 1.82) is 0 Å². The SMILES string of the molecule is COc1ccc(-c2nc3c4c(C)c(C)n(-c5ccc(Br)cn5)c4ncn3n2)cc1OC. The molecule has 0 unspecified atom stereocenters. The van der Waals surface area contributed by atoms with Gasteiger partial charge in [0.05, 0.1) is 19.6 Å². The Bertz CT molecular complexity index is 1440. The van der Waals surface area contributed by atoms with E-state index in [0.29, 0.717) is 17.3 Å². The summed E-state index contributed by atoms with van der Waals surface area (Å²) >= 11 is 3.44. The lowest BCUT2D eigenvalue weighted by Gasteiger charge is -2.07. The second-order valence-corrected chi connectivity index (χ2v) is 8.01. The van der Waals surface area contributed by atoms with Crippen LogP contribution in [0, 0.1) is 13.8 Å². The summed E-state index contributed by atoms with van der Waals surface area (Å²) in [6, 6.07) is 9.55. The molecule has 5 aromatic rings. The van der Waals surface area contributed by atoms with E-state index in [1.54, 1.807) is 31.3 Å². The first kappa shape index (κ1) is 19.5. The normalized spacial score (nSPS) is 11.4. The summed E-state index contributed by atoms with van der Waals surface area (Å²) in [5.74, 6) is 2.67. The van der Waals surface area contributed by atoms with E-state index in [2.05, 4.69) is 44.8 Å². The van der Waals surface area contributed by atoms with Crippen LogP contribution in [0.4, 0.5) is 0 Å². The van der Waals surface area contributed by atoms with Crippen LogP contribution in [0.2, 0.25) is 0 Å². The van der Waals surface area contributed by atoms with E-state index in [4.69, 9.17) is 14.5 Å². The maximum absolute atomic E-state index is 5.42. The molecule has 0 amide bonds. The van der Waals surface area contributed by atoms with Gasteiger partial charge in [-0.25, -0.2) is 19.5 Å². The minimum absolute atomic E-state index is 0.585. The zero-order valence-corrected chi connectivity index (χ0v) is 19.0. The van der Waals surface area contributed by atoms with Crippen molar-refractivity contribution >= 4 is 32.6 Å². The third-order valence-corrected chi connectivity index (χ3v) is 5.88. The van der Waals surface area contributed by atoms with Crippen LogP contribution in [0.5, 0.6) is 11.5 Å². The molecule has 0 saturated carbocycles. The first-order valence-corrected chi connectivity index (χ1v) is 10.4. The Balaban J connectivity index is 1.72. The molecule has 0 aliphatic carbocycles. The highest BCUT2D eigenvalue weighted by Gasteiger charge is 2.20. The molecule has 4 aromatic heterocycles. The quantitative estimate of drug-likeness (QED) is 0.377. The molecule has 0 bridgehead atoms. The number of aromatic nitrogens is 6. The molecular weight excluding hydrogens is 460 g/mol. The zero-order valence-electron chi connectivity index (χ0n) is 17.4. The van der Waals surface area contributed by atoms with E-state index in [1.165, 1.54) is 0 Å². The molecule has 0 spiro atoms. The molecule has 8 nitrogen and oxygen atoms in total. The van der Waals surface area contributed by atoms with E-state index >= 15 is 0 Å². The second kappa shape index (κ2) is 7.35. The van der Waals surface area contributed by atoms with Gasteiger partial charge in [0.2, 0.25) is 0 Å². The van der Waals surface area contributed by atoms with Crippen LogP contribution in [0.3, 0.4) is 0 Å². The molecule has 9 heteroatoms. The number of aryl methyl sites for hydroxylation is 1. The van der Waals surface area contributed by atoms with E-state index in [1.807, 2.05) is 34.9 Å². The Morgan fingerprint density at radius 1 is 0.935 bits per heavy atom. The lowest BCUT2D eigenvalue weighted by atomic mass is 10.2. The summed E-state index contributed by atoms with van der Waals surface area (Å²) in [5, 5.41) is 5.59. The molecule has 156 valence electrons. The van der Waals surface area contributed by atoms with Gasteiger partial charge in [0, 0.05) is 21.9 Å². The summed E-state index contributed by atoms with van der Waals surface area (Å²) in [6.07, 6.45) is 3.46. The summed E-state index contributed by atoms with van der Waals surface area (Å²) in [4.78, 5) is 14.1. The number of fused-ring (bicyclic) bond motifs is 3. The van der Waals surface area contributed by atoms with Gasteiger partial charge in [0.15, 0.2) is 28.6 Å². The van der Waals surface area contributed by atoms with Crippen molar-refractivity contribution in [3.8, 4) is 28.7 Å². The van der Waals surface area contributed by atoms with Gasteiger partial charge in [-0.15, -0.1) is 5.10 Å². The van der Waals surface area contributed by atoms with Crippen LogP contribution < -0.4 is 9.47 Å². The van der Waals surface area contributed by atoms with Gasteiger partial charge in [0.1, 0.15) is 12.1 Å². The Hall–Kier alpha value is -3.46. The summed E-state index contributed by atoms with van der Waals surface area (Å²) in [6.45, 7) is 4.13. The van der Waals surface area contributed by atoms with Crippen molar-refractivity contribution in [3.63, 3.8) is 0 Å². The Morgan fingerprint density at radius 2 is 1.74 bits per heavy atom. The fraction of sp³-hybridized carbons (Fsp3) is 0.182. The highest BCUT2D eigenvalue weighted by atomic mass is 79.9. The average molecular weight is 479 g/mol. The number of ether oxygens (including phenoxy) is 2. The smallest absolute Gasteiger partial charge is 0.182 e. The van der Waals surface area contributed by atoms with Crippen molar-refractivity contribution in [3.05, 3.63) is 58.6 Å². The molecule has 0 fully saturated rings. The van der Waals surface area contributed by atoms with Crippen molar-refractivity contribution in [1.82, 2.24) is 29.1 Å². The number of rotatable bonds is 4. The van der Waals surface area contributed by atoms with Crippen molar-refractivity contribution in [2.45, 2.75) is 13.8 Å². The number of hydrogen-bond acceptors (Lipinski definition) is 6. The molecule has 0 atom stereocenters. The number of hydrogen-bond donors (Lipinski definition) is 0. The molecule has 0 saturated heterocycles. The van der Waals surface area contributed by atoms with Crippen LogP contribution in [0.15, 0.2) is 47.3 Å². The second-order valence-electron chi connectivity index (χ2n) is 7.10. The summed E-state index contributed by atoms with van der Waals surface area (Å²) < 4.78 is 15.4. The van der Waals surface area contributed by atoms with Gasteiger partial charge in [-0.1, -0.05) is 0 Å². The highest BCUT2D eigenvalue weighted by Crippen LogP contribution is 2.33. The van der Waals surface area contributed by atoms with Gasteiger partial charge < -0.3 is 9.47 Å². The van der Waals surface area contributed by atoms with Crippen LogP contribution in [-0.4, -0.2) is 43.4 Å². The molecule has 0 aliphatic rings. The van der Waals surface area contributed by atoms with Crippen LogP contribution in [-0.2, 0) is 0 Å². The molecule has 5 rings (SSSR count). The van der Waals surface area contributed by atoms with E-state index < -0.39 is 0 Å². The summed E-state index contributed by atoms with van der Waals surface area (Å²) in [5.41, 5.74) is 4.51. The number of halogens is 1. The van der Waals surface area contributed by atoms with Crippen LogP contribution >= 0.6 is 15.9 Å². The molecule has 0 N–H and O–H groups in total. The minimum atomic E-state index is 0.585. The largest absolute Gasteiger partial charge is 0.493 e. The maximum atomic E-state index is 5.42. The van der Waals surface area contributed by atoms with Crippen LogP contribution in [0.1, 0.15) is 11.3 Å². The molecule has 31 heavy (non-hydrogen) atoms. The lowest BCUT2D eigenvalue weighted by Crippen LogP contribution is -2.01. The average Bonchev–Trinajstić information content (AvgIpc) is 3.33. The molecular formula is C22H19BrN6O2. The first-order valence-electron chi connectivity index (χ1n) is 9.59. The minimum Gasteiger partial charge on any atom is -0.493 e. The van der Waals surface area contributed by atoms with Gasteiger partial charge in [-0.2, -0.15) is 0 Å². The zero-order chi connectivity index (χ0) is 21.7.